The van der Waals surface area contributed by atoms with Crippen molar-refractivity contribution in [2.24, 2.45) is 0 Å². The van der Waals surface area contributed by atoms with Crippen LogP contribution in [0.1, 0.15) is 20.3 Å². The van der Waals surface area contributed by atoms with Crippen molar-refractivity contribution in [1.82, 2.24) is 5.32 Å². The Hall–Kier alpha value is -0.570. The lowest BCUT2D eigenvalue weighted by Crippen LogP contribution is -2.44. The van der Waals surface area contributed by atoms with E-state index in [1.165, 1.54) is 6.54 Å². The second kappa shape index (κ2) is 3.44. The van der Waals surface area contributed by atoms with Gasteiger partial charge in [-0.15, -0.1) is 0 Å². The van der Waals surface area contributed by atoms with Gasteiger partial charge in [-0.1, -0.05) is 0 Å². The predicted molar refractivity (Wildman–Crippen MR) is 48.7 cm³/mol. The number of amides is 1. The molecule has 1 N–H and O–H groups in total. The monoisotopic (exact) mass is 171 g/mol. The third kappa shape index (κ3) is 2.21. The number of hydrogen-bond acceptors (Lipinski definition) is 1. The average Bonchev–Trinajstić information content (AvgIpc) is 2.32. The van der Waals surface area contributed by atoms with E-state index < -0.39 is 0 Å². The highest BCUT2D eigenvalue weighted by Crippen LogP contribution is 2.16. The number of hydrogen-bond donors (Lipinski definition) is 1. The van der Waals surface area contributed by atoms with E-state index in [-0.39, 0.29) is 5.91 Å². The molecule has 1 saturated heterocycles. The van der Waals surface area contributed by atoms with Crippen LogP contribution in [0.2, 0.25) is 0 Å². The lowest BCUT2D eigenvalue weighted by molar-refractivity contribution is -0.896. The van der Waals surface area contributed by atoms with Gasteiger partial charge in [0.05, 0.1) is 32.7 Å². The topological polar surface area (TPSA) is 29.1 Å². The predicted octanol–water partition coefficient (Wildman–Crippen LogP) is 0.361. The van der Waals surface area contributed by atoms with E-state index in [2.05, 4.69) is 19.3 Å². The fourth-order valence-electron chi connectivity index (χ4n) is 1.87. The van der Waals surface area contributed by atoms with E-state index in [9.17, 15) is 4.79 Å². The minimum atomic E-state index is 0.101. The summed E-state index contributed by atoms with van der Waals surface area (Å²) in [6.45, 7) is 7.25. The maximum absolute atomic E-state index is 10.8. The molecule has 70 valence electrons. The molecule has 1 aliphatic heterocycles. The molecule has 0 saturated carbocycles. The van der Waals surface area contributed by atoms with E-state index in [1.807, 2.05) is 0 Å². The number of nitrogens with one attached hydrogen (secondary N) is 1. The van der Waals surface area contributed by atoms with Gasteiger partial charge in [0.2, 0.25) is 5.91 Å². The van der Waals surface area contributed by atoms with Gasteiger partial charge < -0.3 is 9.80 Å². The zero-order chi connectivity index (χ0) is 9.19. The molecular weight excluding hydrogens is 152 g/mol. The van der Waals surface area contributed by atoms with Crippen molar-refractivity contribution in [2.45, 2.75) is 26.3 Å². The van der Waals surface area contributed by atoms with Crippen LogP contribution in [0.5, 0.6) is 0 Å². The standard InChI is InChI=1S/C9H18N2O/c1-4-11(3)6-5-9(7-11)10-8(2)12/h9H,4-7H2,1-3H3/p+1. The molecule has 0 spiro atoms. The highest BCUT2D eigenvalue weighted by Gasteiger charge is 2.33. The lowest BCUT2D eigenvalue weighted by Gasteiger charge is -2.27. The Bertz CT molecular complexity index is 181. The van der Waals surface area contributed by atoms with Crippen molar-refractivity contribution in [2.75, 3.05) is 26.7 Å². The van der Waals surface area contributed by atoms with Crippen LogP contribution >= 0.6 is 0 Å². The second-order valence-electron chi connectivity index (χ2n) is 4.03. The molecule has 0 aromatic heterocycles. The van der Waals surface area contributed by atoms with E-state index >= 15 is 0 Å². The molecule has 3 heteroatoms. The molecule has 1 fully saturated rings. The Balaban J connectivity index is 2.40. The van der Waals surface area contributed by atoms with Gasteiger partial charge in [-0.25, -0.2) is 0 Å². The molecule has 0 aromatic rings. The van der Waals surface area contributed by atoms with Crippen molar-refractivity contribution in [3.05, 3.63) is 0 Å². The highest BCUT2D eigenvalue weighted by atomic mass is 16.1. The Labute approximate surface area is 74.3 Å². The van der Waals surface area contributed by atoms with E-state index in [4.69, 9.17) is 0 Å². The van der Waals surface area contributed by atoms with Crippen LogP contribution in [0.3, 0.4) is 0 Å². The van der Waals surface area contributed by atoms with Gasteiger partial charge in [0.1, 0.15) is 0 Å². The van der Waals surface area contributed by atoms with Crippen molar-refractivity contribution in [3.63, 3.8) is 0 Å². The number of nitrogens with zero attached hydrogens (tertiary/aromatic N) is 1. The first-order valence-electron chi connectivity index (χ1n) is 4.66. The summed E-state index contributed by atoms with van der Waals surface area (Å²) in [5.74, 6) is 0.101. The molecule has 0 aromatic carbocycles. The Kier molecular flexibility index (Phi) is 2.73. The Morgan fingerprint density at radius 1 is 1.67 bits per heavy atom. The van der Waals surface area contributed by atoms with E-state index in [1.54, 1.807) is 6.92 Å². The zero-order valence-electron chi connectivity index (χ0n) is 8.26. The summed E-state index contributed by atoms with van der Waals surface area (Å²) >= 11 is 0. The number of likely N-dealkylation sites (tertiary alicyclic amines) is 1. The quantitative estimate of drug-likeness (QED) is 0.597. The van der Waals surface area contributed by atoms with Gasteiger partial charge in [-0.2, -0.15) is 0 Å². The largest absolute Gasteiger partial charge is 0.348 e. The summed E-state index contributed by atoms with van der Waals surface area (Å²) in [5.41, 5.74) is 0. The molecule has 0 radical (unpaired) electrons. The first kappa shape index (κ1) is 9.52. The van der Waals surface area contributed by atoms with E-state index in [0.717, 1.165) is 24.0 Å². The second-order valence-corrected chi connectivity index (χ2v) is 4.03. The summed E-state index contributed by atoms with van der Waals surface area (Å²) < 4.78 is 1.10. The van der Waals surface area contributed by atoms with Crippen molar-refractivity contribution >= 4 is 5.91 Å². The SMILES string of the molecule is CC[N+]1(C)CCC(NC(C)=O)C1. The fraction of sp³-hybridized carbons (Fsp3) is 0.889. The molecule has 1 amide bonds. The fourth-order valence-corrected chi connectivity index (χ4v) is 1.87. The van der Waals surface area contributed by atoms with Gasteiger partial charge in [0, 0.05) is 13.3 Å². The third-order valence-electron chi connectivity index (χ3n) is 2.85. The minimum Gasteiger partial charge on any atom is -0.348 e. The maximum atomic E-state index is 10.8. The van der Waals surface area contributed by atoms with Crippen LogP contribution in [-0.2, 0) is 4.79 Å². The Morgan fingerprint density at radius 3 is 2.75 bits per heavy atom. The van der Waals surface area contributed by atoms with Crippen LogP contribution in [0.25, 0.3) is 0 Å². The summed E-state index contributed by atoms with van der Waals surface area (Å²) in [6.07, 6.45) is 1.13. The average molecular weight is 171 g/mol. The van der Waals surface area contributed by atoms with Crippen LogP contribution < -0.4 is 5.32 Å². The minimum absolute atomic E-state index is 0.101. The summed E-state index contributed by atoms with van der Waals surface area (Å²) in [6, 6.07) is 0.410. The van der Waals surface area contributed by atoms with Gasteiger partial charge >= 0.3 is 0 Å². The zero-order valence-corrected chi connectivity index (χ0v) is 8.26. The molecule has 12 heavy (non-hydrogen) atoms. The van der Waals surface area contributed by atoms with Crippen LogP contribution in [0, 0.1) is 0 Å². The van der Waals surface area contributed by atoms with Gasteiger partial charge in [0.15, 0.2) is 0 Å². The van der Waals surface area contributed by atoms with Crippen LogP contribution in [-0.4, -0.2) is 43.1 Å². The number of carbonyl (C=O) groups is 1. The summed E-state index contributed by atoms with van der Waals surface area (Å²) in [5, 5.41) is 2.98. The van der Waals surface area contributed by atoms with Crippen molar-refractivity contribution in [3.8, 4) is 0 Å². The molecular formula is C9H19N2O+. The molecule has 1 heterocycles. The molecule has 1 rings (SSSR count). The molecule has 0 bridgehead atoms. The highest BCUT2D eigenvalue weighted by molar-refractivity contribution is 5.73. The number of carbonyl (C=O) groups excluding carboxylic acids is 1. The van der Waals surface area contributed by atoms with Gasteiger partial charge in [0.25, 0.3) is 0 Å². The van der Waals surface area contributed by atoms with E-state index in [0.29, 0.717) is 6.04 Å². The molecule has 2 atom stereocenters. The number of likely N-dealkylation sites (N-methyl/N-ethyl adjacent to an activating group) is 1. The van der Waals surface area contributed by atoms with Crippen LogP contribution in [0.4, 0.5) is 0 Å². The summed E-state index contributed by atoms with van der Waals surface area (Å²) in [4.78, 5) is 10.8. The lowest BCUT2D eigenvalue weighted by atomic mass is 10.2. The third-order valence-corrected chi connectivity index (χ3v) is 2.85. The number of rotatable bonds is 2. The molecule has 3 nitrogen and oxygen atoms in total. The maximum Gasteiger partial charge on any atom is 0.217 e. The summed E-state index contributed by atoms with van der Waals surface area (Å²) in [7, 11) is 2.25. The Morgan fingerprint density at radius 2 is 2.33 bits per heavy atom. The van der Waals surface area contributed by atoms with Crippen LogP contribution in [0.15, 0.2) is 0 Å². The van der Waals surface area contributed by atoms with Crippen molar-refractivity contribution in [1.29, 1.82) is 0 Å². The van der Waals surface area contributed by atoms with Gasteiger partial charge in [-0.05, 0) is 6.92 Å². The number of quaternary nitrogens is 1. The smallest absolute Gasteiger partial charge is 0.217 e. The molecule has 1 aliphatic rings. The molecule has 2 unspecified atom stereocenters. The molecule has 0 aliphatic carbocycles. The van der Waals surface area contributed by atoms with Crippen molar-refractivity contribution < 1.29 is 9.28 Å². The van der Waals surface area contributed by atoms with Gasteiger partial charge in [-0.3, -0.25) is 4.79 Å². The normalized spacial score (nSPS) is 35.1. The first-order valence-corrected chi connectivity index (χ1v) is 4.66. The first-order chi connectivity index (χ1) is 5.56.